The molecule has 0 unspecified atom stereocenters. The van der Waals surface area contributed by atoms with E-state index in [0.717, 1.165) is 6.20 Å². The van der Waals surface area contributed by atoms with Gasteiger partial charge in [0, 0.05) is 5.39 Å². The molecule has 2 aromatic heterocycles. The van der Waals surface area contributed by atoms with Gasteiger partial charge in [-0.2, -0.15) is 0 Å². The van der Waals surface area contributed by atoms with Crippen LogP contribution in [0.25, 0.3) is 11.1 Å². The molecule has 12 heavy (non-hydrogen) atoms. The molecule has 0 radical (unpaired) electrons. The number of aliphatic hydroxyl groups is 1. The van der Waals surface area contributed by atoms with E-state index in [-0.39, 0.29) is 6.61 Å². The highest BCUT2D eigenvalue weighted by Crippen LogP contribution is 2.17. The standard InChI is InChI=1S/C8H6FNO2/c9-6-1-5-2-7(4-11)12-8(5)10-3-6/h1-3,11H,4H2. The zero-order chi connectivity index (χ0) is 8.55. The number of aliphatic hydroxyl groups excluding tert-OH is 1. The Morgan fingerprint density at radius 2 is 2.33 bits per heavy atom. The molecule has 0 atom stereocenters. The van der Waals surface area contributed by atoms with Gasteiger partial charge in [0.2, 0.25) is 5.71 Å². The number of furan rings is 1. The number of nitrogens with zero attached hydrogens (tertiary/aromatic N) is 1. The summed E-state index contributed by atoms with van der Waals surface area (Å²) in [5.74, 6) is -0.0177. The molecular weight excluding hydrogens is 161 g/mol. The maximum Gasteiger partial charge on any atom is 0.226 e. The van der Waals surface area contributed by atoms with Crippen LogP contribution in [-0.4, -0.2) is 10.1 Å². The minimum atomic E-state index is -0.409. The van der Waals surface area contributed by atoms with E-state index in [1.807, 2.05) is 0 Å². The van der Waals surface area contributed by atoms with Crippen LogP contribution < -0.4 is 0 Å². The molecule has 0 aromatic carbocycles. The van der Waals surface area contributed by atoms with Gasteiger partial charge in [0.25, 0.3) is 0 Å². The Morgan fingerprint density at radius 3 is 3.08 bits per heavy atom. The molecule has 0 saturated carbocycles. The van der Waals surface area contributed by atoms with Gasteiger partial charge in [0.05, 0.1) is 6.20 Å². The second kappa shape index (κ2) is 2.57. The highest BCUT2D eigenvalue weighted by Gasteiger charge is 2.03. The Labute approximate surface area is 67.5 Å². The van der Waals surface area contributed by atoms with Crippen molar-refractivity contribution in [1.82, 2.24) is 4.98 Å². The van der Waals surface area contributed by atoms with E-state index >= 15 is 0 Å². The summed E-state index contributed by atoms with van der Waals surface area (Å²) in [4.78, 5) is 3.70. The minimum absolute atomic E-state index is 0.196. The van der Waals surface area contributed by atoms with Crippen LogP contribution in [0, 0.1) is 5.82 Å². The fourth-order valence-corrected chi connectivity index (χ4v) is 1.04. The van der Waals surface area contributed by atoms with E-state index in [4.69, 9.17) is 9.52 Å². The second-order valence-electron chi connectivity index (χ2n) is 2.42. The Kier molecular flexibility index (Phi) is 1.55. The Balaban J connectivity index is 2.67. The number of aromatic nitrogens is 1. The van der Waals surface area contributed by atoms with Gasteiger partial charge >= 0.3 is 0 Å². The SMILES string of the molecule is OCc1cc2cc(F)cnc2o1. The third-order valence-corrected chi connectivity index (χ3v) is 1.55. The van der Waals surface area contributed by atoms with Crippen LogP contribution in [0.4, 0.5) is 4.39 Å². The first-order valence-corrected chi connectivity index (χ1v) is 3.44. The van der Waals surface area contributed by atoms with Crippen LogP contribution in [-0.2, 0) is 6.61 Å². The normalized spacial score (nSPS) is 10.8. The summed E-state index contributed by atoms with van der Waals surface area (Å²) in [6, 6.07) is 2.87. The summed E-state index contributed by atoms with van der Waals surface area (Å²) < 4.78 is 17.6. The highest BCUT2D eigenvalue weighted by atomic mass is 19.1. The molecule has 0 aliphatic carbocycles. The summed E-state index contributed by atoms with van der Waals surface area (Å²) in [5.41, 5.74) is 0.348. The van der Waals surface area contributed by atoms with Crippen LogP contribution in [0.2, 0.25) is 0 Å². The third-order valence-electron chi connectivity index (χ3n) is 1.55. The predicted octanol–water partition coefficient (Wildman–Crippen LogP) is 1.46. The summed E-state index contributed by atoms with van der Waals surface area (Å²) in [7, 11) is 0. The summed E-state index contributed by atoms with van der Waals surface area (Å²) in [6.45, 7) is -0.196. The molecule has 0 spiro atoms. The van der Waals surface area contributed by atoms with E-state index < -0.39 is 5.82 Å². The second-order valence-corrected chi connectivity index (χ2v) is 2.42. The van der Waals surface area contributed by atoms with E-state index in [2.05, 4.69) is 4.98 Å². The smallest absolute Gasteiger partial charge is 0.226 e. The molecule has 0 fully saturated rings. The van der Waals surface area contributed by atoms with Crippen LogP contribution in [0.15, 0.2) is 22.7 Å². The van der Waals surface area contributed by atoms with Crippen molar-refractivity contribution in [3.8, 4) is 0 Å². The number of rotatable bonds is 1. The van der Waals surface area contributed by atoms with Gasteiger partial charge in [-0.25, -0.2) is 9.37 Å². The first-order valence-electron chi connectivity index (χ1n) is 3.44. The van der Waals surface area contributed by atoms with Crippen molar-refractivity contribution >= 4 is 11.1 Å². The zero-order valence-corrected chi connectivity index (χ0v) is 6.12. The Bertz CT molecular complexity index is 410. The van der Waals surface area contributed by atoms with Crippen molar-refractivity contribution in [3.63, 3.8) is 0 Å². The lowest BCUT2D eigenvalue weighted by atomic mass is 10.3. The molecule has 4 heteroatoms. The van der Waals surface area contributed by atoms with Crippen molar-refractivity contribution in [2.45, 2.75) is 6.61 Å². The first kappa shape index (κ1) is 7.24. The first-order chi connectivity index (χ1) is 5.79. The fourth-order valence-electron chi connectivity index (χ4n) is 1.04. The molecule has 2 rings (SSSR count). The number of hydrogen-bond donors (Lipinski definition) is 1. The van der Waals surface area contributed by atoms with Gasteiger partial charge in [-0.1, -0.05) is 0 Å². The average Bonchev–Trinajstić information content (AvgIpc) is 2.46. The van der Waals surface area contributed by atoms with Crippen LogP contribution in [0.3, 0.4) is 0 Å². The van der Waals surface area contributed by atoms with Crippen LogP contribution in [0.5, 0.6) is 0 Å². The third kappa shape index (κ3) is 1.06. The highest BCUT2D eigenvalue weighted by molar-refractivity contribution is 5.73. The number of fused-ring (bicyclic) bond motifs is 1. The van der Waals surface area contributed by atoms with Crippen LogP contribution >= 0.6 is 0 Å². The quantitative estimate of drug-likeness (QED) is 0.699. The molecule has 0 saturated heterocycles. The zero-order valence-electron chi connectivity index (χ0n) is 6.12. The van der Waals surface area contributed by atoms with Crippen molar-refractivity contribution in [1.29, 1.82) is 0 Å². The molecule has 2 heterocycles. The molecule has 0 aliphatic rings. The fraction of sp³-hybridized carbons (Fsp3) is 0.125. The molecule has 1 N–H and O–H groups in total. The van der Waals surface area contributed by atoms with E-state index in [1.54, 1.807) is 6.07 Å². The van der Waals surface area contributed by atoms with Crippen LogP contribution in [0.1, 0.15) is 5.76 Å². The van der Waals surface area contributed by atoms with Crippen molar-refractivity contribution < 1.29 is 13.9 Å². The van der Waals surface area contributed by atoms with Gasteiger partial charge in [0.15, 0.2) is 0 Å². The molecule has 0 amide bonds. The molecular formula is C8H6FNO2. The maximum absolute atomic E-state index is 12.6. The van der Waals surface area contributed by atoms with Gasteiger partial charge in [-0.3, -0.25) is 0 Å². The molecule has 0 bridgehead atoms. The molecule has 62 valence electrons. The number of halogens is 1. The van der Waals surface area contributed by atoms with E-state index in [9.17, 15) is 4.39 Å². The number of hydrogen-bond acceptors (Lipinski definition) is 3. The minimum Gasteiger partial charge on any atom is -0.440 e. The lowest BCUT2D eigenvalue weighted by Crippen LogP contribution is -1.75. The largest absolute Gasteiger partial charge is 0.440 e. The monoisotopic (exact) mass is 167 g/mol. The topological polar surface area (TPSA) is 46.3 Å². The van der Waals surface area contributed by atoms with E-state index in [0.29, 0.717) is 16.9 Å². The predicted molar refractivity (Wildman–Crippen MR) is 39.9 cm³/mol. The summed E-state index contributed by atoms with van der Waals surface area (Å²) >= 11 is 0. The Morgan fingerprint density at radius 1 is 1.50 bits per heavy atom. The van der Waals surface area contributed by atoms with Crippen molar-refractivity contribution in [2.75, 3.05) is 0 Å². The van der Waals surface area contributed by atoms with Gasteiger partial charge in [-0.05, 0) is 12.1 Å². The summed E-state index contributed by atoms with van der Waals surface area (Å²) in [6.07, 6.45) is 1.08. The lowest BCUT2D eigenvalue weighted by molar-refractivity contribution is 0.250. The molecule has 3 nitrogen and oxygen atoms in total. The number of pyridine rings is 1. The molecule has 0 aliphatic heterocycles. The van der Waals surface area contributed by atoms with Crippen molar-refractivity contribution in [3.05, 3.63) is 29.9 Å². The van der Waals surface area contributed by atoms with E-state index in [1.165, 1.54) is 6.07 Å². The maximum atomic E-state index is 12.6. The summed E-state index contributed by atoms with van der Waals surface area (Å²) in [5, 5.41) is 9.26. The Hall–Kier alpha value is -1.42. The molecule has 2 aromatic rings. The average molecular weight is 167 g/mol. The van der Waals surface area contributed by atoms with Gasteiger partial charge in [0.1, 0.15) is 18.2 Å². The van der Waals surface area contributed by atoms with Gasteiger partial charge in [-0.15, -0.1) is 0 Å². The lowest BCUT2D eigenvalue weighted by Gasteiger charge is -1.85. The van der Waals surface area contributed by atoms with Crippen molar-refractivity contribution in [2.24, 2.45) is 0 Å². The van der Waals surface area contributed by atoms with Gasteiger partial charge < -0.3 is 9.52 Å².